The van der Waals surface area contributed by atoms with Gasteiger partial charge < -0.3 is 5.32 Å². The molecule has 26 heavy (non-hydrogen) atoms. The average molecular weight is 355 g/mol. The monoisotopic (exact) mass is 355 g/mol. The number of benzene rings is 1. The third-order valence-electron chi connectivity index (χ3n) is 6.37. The minimum Gasteiger partial charge on any atom is -0.374 e. The van der Waals surface area contributed by atoms with E-state index in [4.69, 9.17) is 0 Å². The van der Waals surface area contributed by atoms with E-state index in [-0.39, 0.29) is 17.9 Å². The van der Waals surface area contributed by atoms with Crippen LogP contribution in [0.25, 0.3) is 0 Å². The number of nitrogens with one attached hydrogen (secondary N) is 2. The minimum atomic E-state index is -0.317. The second-order valence-electron chi connectivity index (χ2n) is 8.47. The maximum absolute atomic E-state index is 11.9. The number of amides is 2. The number of carbonyl (C=O) groups excluding carboxylic acids is 2. The Bertz CT molecular complexity index is 694. The van der Waals surface area contributed by atoms with Crippen LogP contribution >= 0.6 is 0 Å². The summed E-state index contributed by atoms with van der Waals surface area (Å²) in [6, 6.07) is 8.89. The van der Waals surface area contributed by atoms with Crippen LogP contribution in [0.1, 0.15) is 63.9 Å². The summed E-state index contributed by atoms with van der Waals surface area (Å²) < 4.78 is 0. The van der Waals surface area contributed by atoms with Crippen LogP contribution in [-0.2, 0) is 9.59 Å². The molecule has 1 aromatic carbocycles. The average Bonchev–Trinajstić information content (AvgIpc) is 3.37. The number of carbonyl (C=O) groups is 2. The molecule has 2 saturated heterocycles. The molecule has 0 bridgehead atoms. The molecule has 1 aromatic rings. The molecular formula is C21H29N3O2. The number of nitrogens with zero attached hydrogens (tertiary/aromatic N) is 1. The predicted octanol–water partition coefficient (Wildman–Crippen LogP) is 3.02. The van der Waals surface area contributed by atoms with Crippen LogP contribution in [-0.4, -0.2) is 40.9 Å². The first-order chi connectivity index (χ1) is 12.5. The number of piperidine rings is 2. The van der Waals surface area contributed by atoms with Crippen LogP contribution in [0.4, 0.5) is 5.69 Å². The van der Waals surface area contributed by atoms with Gasteiger partial charge in [-0.25, -0.2) is 0 Å². The molecule has 2 N–H and O–H groups in total. The fourth-order valence-corrected chi connectivity index (χ4v) is 4.82. The van der Waals surface area contributed by atoms with Crippen LogP contribution in [0.15, 0.2) is 24.3 Å². The van der Waals surface area contributed by atoms with Gasteiger partial charge in [-0.15, -0.1) is 0 Å². The zero-order chi connectivity index (χ0) is 18.3. The molecule has 5 nitrogen and oxygen atoms in total. The summed E-state index contributed by atoms with van der Waals surface area (Å²) in [6.07, 6.45) is 6.14. The Hall–Kier alpha value is -1.88. The molecule has 0 radical (unpaired) electrons. The van der Waals surface area contributed by atoms with E-state index in [1.807, 2.05) is 0 Å². The van der Waals surface area contributed by atoms with Crippen molar-refractivity contribution in [3.63, 3.8) is 0 Å². The SMILES string of the molecule is CC(C)N1CCC(c2ccc(NC3CCC(=O)NC3=O)cc2)CC12CC2. The van der Waals surface area contributed by atoms with E-state index in [0.717, 1.165) is 5.69 Å². The first kappa shape index (κ1) is 17.5. The van der Waals surface area contributed by atoms with Crippen LogP contribution in [0.3, 0.4) is 0 Å². The van der Waals surface area contributed by atoms with Crippen molar-refractivity contribution in [2.45, 2.75) is 75.9 Å². The summed E-state index contributed by atoms with van der Waals surface area (Å²) in [5.41, 5.74) is 2.82. The number of hydrogen-bond donors (Lipinski definition) is 2. The van der Waals surface area contributed by atoms with E-state index in [1.54, 1.807) is 0 Å². The van der Waals surface area contributed by atoms with Gasteiger partial charge in [0.1, 0.15) is 6.04 Å². The smallest absolute Gasteiger partial charge is 0.249 e. The highest BCUT2D eigenvalue weighted by molar-refractivity contribution is 6.01. The molecule has 1 spiro atoms. The van der Waals surface area contributed by atoms with Gasteiger partial charge in [0.05, 0.1) is 0 Å². The van der Waals surface area contributed by atoms with E-state index in [2.05, 4.69) is 53.6 Å². The maximum Gasteiger partial charge on any atom is 0.249 e. The fourth-order valence-electron chi connectivity index (χ4n) is 4.82. The summed E-state index contributed by atoms with van der Waals surface area (Å²) >= 11 is 0. The summed E-state index contributed by atoms with van der Waals surface area (Å²) in [5, 5.41) is 5.66. The van der Waals surface area contributed by atoms with Gasteiger partial charge in [-0.05, 0) is 76.1 Å². The highest BCUT2D eigenvalue weighted by atomic mass is 16.2. The van der Waals surface area contributed by atoms with Gasteiger partial charge in [0, 0.05) is 23.7 Å². The fraction of sp³-hybridized carbons (Fsp3) is 0.619. The molecule has 0 aromatic heterocycles. The van der Waals surface area contributed by atoms with E-state index in [9.17, 15) is 9.59 Å². The second kappa shape index (κ2) is 6.69. The van der Waals surface area contributed by atoms with Crippen LogP contribution < -0.4 is 10.6 Å². The number of rotatable bonds is 4. The third-order valence-corrected chi connectivity index (χ3v) is 6.37. The lowest BCUT2D eigenvalue weighted by Gasteiger charge is -2.43. The molecule has 1 saturated carbocycles. The second-order valence-corrected chi connectivity index (χ2v) is 8.47. The van der Waals surface area contributed by atoms with Crippen molar-refractivity contribution in [3.05, 3.63) is 29.8 Å². The topological polar surface area (TPSA) is 61.4 Å². The summed E-state index contributed by atoms with van der Waals surface area (Å²) in [7, 11) is 0. The van der Waals surface area contributed by atoms with Gasteiger partial charge >= 0.3 is 0 Å². The Labute approximate surface area is 155 Å². The van der Waals surface area contributed by atoms with Gasteiger partial charge in [0.15, 0.2) is 0 Å². The zero-order valence-electron chi connectivity index (χ0n) is 15.8. The van der Waals surface area contributed by atoms with E-state index >= 15 is 0 Å². The molecule has 140 valence electrons. The Morgan fingerprint density at radius 2 is 1.88 bits per heavy atom. The van der Waals surface area contributed by atoms with Crippen LogP contribution in [0.2, 0.25) is 0 Å². The summed E-state index contributed by atoms with van der Waals surface area (Å²) in [4.78, 5) is 25.8. The van der Waals surface area contributed by atoms with E-state index in [1.165, 1.54) is 37.8 Å². The first-order valence-electron chi connectivity index (χ1n) is 9.94. The van der Waals surface area contributed by atoms with Gasteiger partial charge in [-0.3, -0.25) is 19.8 Å². The van der Waals surface area contributed by atoms with Crippen molar-refractivity contribution in [2.75, 3.05) is 11.9 Å². The number of hydrogen-bond acceptors (Lipinski definition) is 4. The number of anilines is 1. The normalized spacial score (nSPS) is 28.3. The van der Waals surface area contributed by atoms with E-state index in [0.29, 0.717) is 30.3 Å². The van der Waals surface area contributed by atoms with Crippen molar-refractivity contribution in [3.8, 4) is 0 Å². The van der Waals surface area contributed by atoms with Gasteiger partial charge in [0.25, 0.3) is 0 Å². The molecule has 3 fully saturated rings. The van der Waals surface area contributed by atoms with Crippen LogP contribution in [0, 0.1) is 0 Å². The molecule has 5 heteroatoms. The maximum atomic E-state index is 11.9. The molecule has 4 rings (SSSR count). The molecule has 2 atom stereocenters. The Kier molecular flexibility index (Phi) is 4.51. The van der Waals surface area contributed by atoms with Gasteiger partial charge in [-0.2, -0.15) is 0 Å². The summed E-state index contributed by atoms with van der Waals surface area (Å²) in [6.45, 7) is 5.82. The van der Waals surface area contributed by atoms with Gasteiger partial charge in [0.2, 0.25) is 11.8 Å². The van der Waals surface area contributed by atoms with Crippen molar-refractivity contribution in [1.82, 2.24) is 10.2 Å². The van der Waals surface area contributed by atoms with E-state index < -0.39 is 0 Å². The Morgan fingerprint density at radius 1 is 1.15 bits per heavy atom. The largest absolute Gasteiger partial charge is 0.374 e. The molecule has 3 aliphatic rings. The molecular weight excluding hydrogens is 326 g/mol. The van der Waals surface area contributed by atoms with Crippen molar-refractivity contribution < 1.29 is 9.59 Å². The first-order valence-corrected chi connectivity index (χ1v) is 9.94. The quantitative estimate of drug-likeness (QED) is 0.815. The van der Waals surface area contributed by atoms with Crippen molar-refractivity contribution in [2.24, 2.45) is 0 Å². The summed E-state index contributed by atoms with van der Waals surface area (Å²) in [5.74, 6) is 0.240. The molecule has 2 amide bonds. The van der Waals surface area contributed by atoms with Crippen molar-refractivity contribution in [1.29, 1.82) is 0 Å². The predicted molar refractivity (Wildman–Crippen MR) is 102 cm³/mol. The lowest BCUT2D eigenvalue weighted by atomic mass is 9.83. The number of imide groups is 1. The lowest BCUT2D eigenvalue weighted by Crippen LogP contribution is -2.47. The highest BCUT2D eigenvalue weighted by Gasteiger charge is 2.52. The lowest BCUT2D eigenvalue weighted by molar-refractivity contribution is -0.133. The standard InChI is InChI=1S/C21H29N3O2/c1-14(2)24-12-9-16(13-21(24)10-11-21)15-3-5-17(6-4-15)22-18-7-8-19(25)23-20(18)26/h3-6,14,16,18,22H,7-13H2,1-2H3,(H,23,25,26). The molecule has 1 aliphatic carbocycles. The third kappa shape index (κ3) is 3.37. The van der Waals surface area contributed by atoms with Gasteiger partial charge in [-0.1, -0.05) is 12.1 Å². The molecule has 2 unspecified atom stereocenters. The molecule has 2 aliphatic heterocycles. The number of likely N-dealkylation sites (tertiary alicyclic amines) is 1. The Morgan fingerprint density at radius 3 is 2.50 bits per heavy atom. The van der Waals surface area contributed by atoms with Crippen LogP contribution in [0.5, 0.6) is 0 Å². The molecule has 2 heterocycles. The minimum absolute atomic E-state index is 0.176. The zero-order valence-corrected chi connectivity index (χ0v) is 15.8. The highest BCUT2D eigenvalue weighted by Crippen LogP contribution is 2.53. The van der Waals surface area contributed by atoms with Crippen molar-refractivity contribution >= 4 is 17.5 Å². The Balaban J connectivity index is 1.39.